The van der Waals surface area contributed by atoms with Crippen molar-refractivity contribution in [2.24, 2.45) is 0 Å². The zero-order chi connectivity index (χ0) is 18.0. The van der Waals surface area contributed by atoms with E-state index in [-0.39, 0.29) is 5.82 Å². The Morgan fingerprint density at radius 1 is 1.20 bits per heavy atom. The maximum absolute atomic E-state index is 12.0. The average molecular weight is 339 g/mol. The third-order valence-electron chi connectivity index (χ3n) is 3.83. The molecule has 1 N–H and O–H groups in total. The van der Waals surface area contributed by atoms with Gasteiger partial charge in [0.2, 0.25) is 0 Å². The third kappa shape index (κ3) is 3.47. The molecule has 0 aliphatic heterocycles. The van der Waals surface area contributed by atoms with E-state index in [0.717, 1.165) is 16.8 Å². The SMILES string of the molecule is Cc1cccc(NC(=O)COC(=O)c2nc3nccc(C)n3n2)c1C. The minimum Gasteiger partial charge on any atom is -0.450 e. The molecule has 0 saturated heterocycles. The first-order chi connectivity index (χ1) is 12.0. The smallest absolute Gasteiger partial charge is 0.378 e. The molecule has 0 aliphatic rings. The summed E-state index contributed by atoms with van der Waals surface area (Å²) in [6, 6.07) is 7.34. The second-order valence-corrected chi connectivity index (χ2v) is 5.61. The van der Waals surface area contributed by atoms with Gasteiger partial charge in [0.25, 0.3) is 17.5 Å². The lowest BCUT2D eigenvalue weighted by atomic mass is 10.1. The summed E-state index contributed by atoms with van der Waals surface area (Å²) < 4.78 is 6.42. The van der Waals surface area contributed by atoms with Crippen LogP contribution in [-0.4, -0.2) is 38.1 Å². The Bertz CT molecular complexity index is 964. The highest BCUT2D eigenvalue weighted by Gasteiger charge is 2.17. The highest BCUT2D eigenvalue weighted by Crippen LogP contribution is 2.17. The average Bonchev–Trinajstić information content (AvgIpc) is 3.03. The fourth-order valence-electron chi connectivity index (χ4n) is 2.26. The fraction of sp³-hybridized carbons (Fsp3) is 0.235. The minimum atomic E-state index is -0.777. The summed E-state index contributed by atoms with van der Waals surface area (Å²) in [6.45, 7) is 5.26. The molecule has 0 radical (unpaired) electrons. The van der Waals surface area contributed by atoms with E-state index in [1.165, 1.54) is 4.52 Å². The molecule has 2 aromatic heterocycles. The summed E-state index contributed by atoms with van der Waals surface area (Å²) in [5, 5.41) is 6.76. The number of aromatic nitrogens is 4. The van der Waals surface area contributed by atoms with Gasteiger partial charge in [-0.05, 0) is 44.0 Å². The molecule has 0 bridgehead atoms. The van der Waals surface area contributed by atoms with Crippen molar-refractivity contribution in [3.05, 3.63) is 53.1 Å². The number of fused-ring (bicyclic) bond motifs is 1. The molecule has 3 aromatic rings. The van der Waals surface area contributed by atoms with Crippen LogP contribution >= 0.6 is 0 Å². The van der Waals surface area contributed by atoms with Gasteiger partial charge in [-0.2, -0.15) is 4.98 Å². The van der Waals surface area contributed by atoms with Crippen molar-refractivity contribution < 1.29 is 14.3 Å². The van der Waals surface area contributed by atoms with E-state index in [2.05, 4.69) is 20.4 Å². The lowest BCUT2D eigenvalue weighted by molar-refractivity contribution is -0.119. The standard InChI is InChI=1S/C17H17N5O3/c1-10-5-4-6-13(12(10)3)19-14(23)9-25-16(24)15-20-17-18-8-7-11(2)22(17)21-15/h4-8H,9H2,1-3H3,(H,19,23). The highest BCUT2D eigenvalue weighted by molar-refractivity contribution is 5.95. The van der Waals surface area contributed by atoms with Crippen molar-refractivity contribution in [3.63, 3.8) is 0 Å². The van der Waals surface area contributed by atoms with Crippen molar-refractivity contribution in [1.82, 2.24) is 19.6 Å². The number of esters is 1. The molecule has 0 atom stereocenters. The van der Waals surface area contributed by atoms with Crippen LogP contribution in [0, 0.1) is 20.8 Å². The van der Waals surface area contributed by atoms with Gasteiger partial charge in [-0.1, -0.05) is 12.1 Å². The Kier molecular flexibility index (Phi) is 4.42. The Labute approximate surface area is 143 Å². The van der Waals surface area contributed by atoms with Crippen LogP contribution < -0.4 is 5.32 Å². The van der Waals surface area contributed by atoms with Crippen LogP contribution in [0.25, 0.3) is 5.78 Å². The van der Waals surface area contributed by atoms with Crippen LogP contribution in [0.4, 0.5) is 5.69 Å². The number of nitrogens with zero attached hydrogens (tertiary/aromatic N) is 4. The van der Waals surface area contributed by atoms with Crippen molar-refractivity contribution >= 4 is 23.3 Å². The monoisotopic (exact) mass is 339 g/mol. The predicted octanol–water partition coefficient (Wildman–Crippen LogP) is 1.85. The number of ether oxygens (including phenoxy) is 1. The van der Waals surface area contributed by atoms with E-state index in [0.29, 0.717) is 11.5 Å². The normalized spacial score (nSPS) is 10.7. The van der Waals surface area contributed by atoms with E-state index < -0.39 is 18.5 Å². The predicted molar refractivity (Wildman–Crippen MR) is 90.3 cm³/mol. The Morgan fingerprint density at radius 2 is 2.00 bits per heavy atom. The van der Waals surface area contributed by atoms with Crippen LogP contribution in [0.5, 0.6) is 0 Å². The second-order valence-electron chi connectivity index (χ2n) is 5.61. The number of nitrogens with one attached hydrogen (secondary N) is 1. The molecule has 8 heteroatoms. The summed E-state index contributed by atoms with van der Waals surface area (Å²) in [7, 11) is 0. The van der Waals surface area contributed by atoms with Crippen LogP contribution in [0.2, 0.25) is 0 Å². The molecule has 3 rings (SSSR count). The molecule has 2 heterocycles. The van der Waals surface area contributed by atoms with Gasteiger partial charge >= 0.3 is 5.97 Å². The van der Waals surface area contributed by atoms with Crippen molar-refractivity contribution in [2.45, 2.75) is 20.8 Å². The maximum Gasteiger partial charge on any atom is 0.378 e. The highest BCUT2D eigenvalue weighted by atomic mass is 16.5. The maximum atomic E-state index is 12.0. The lowest BCUT2D eigenvalue weighted by Crippen LogP contribution is -2.22. The topological polar surface area (TPSA) is 98.5 Å². The molecular formula is C17H17N5O3. The fourth-order valence-corrected chi connectivity index (χ4v) is 2.26. The van der Waals surface area contributed by atoms with E-state index in [1.54, 1.807) is 18.3 Å². The van der Waals surface area contributed by atoms with E-state index in [9.17, 15) is 9.59 Å². The Hall–Kier alpha value is -3.29. The van der Waals surface area contributed by atoms with E-state index in [1.807, 2.05) is 32.9 Å². The lowest BCUT2D eigenvalue weighted by Gasteiger charge is -2.10. The first kappa shape index (κ1) is 16.6. The zero-order valence-corrected chi connectivity index (χ0v) is 14.1. The van der Waals surface area contributed by atoms with Gasteiger partial charge in [-0.25, -0.2) is 14.3 Å². The van der Waals surface area contributed by atoms with Gasteiger partial charge in [-0.15, -0.1) is 5.10 Å². The van der Waals surface area contributed by atoms with E-state index in [4.69, 9.17) is 4.74 Å². The first-order valence-electron chi connectivity index (χ1n) is 7.67. The molecule has 1 amide bonds. The van der Waals surface area contributed by atoms with E-state index >= 15 is 0 Å². The van der Waals surface area contributed by atoms with Gasteiger partial charge in [0.1, 0.15) is 0 Å². The largest absolute Gasteiger partial charge is 0.450 e. The molecular weight excluding hydrogens is 322 g/mol. The molecule has 0 unspecified atom stereocenters. The summed E-state index contributed by atoms with van der Waals surface area (Å²) in [5.74, 6) is -1.05. The van der Waals surface area contributed by atoms with Crippen molar-refractivity contribution in [3.8, 4) is 0 Å². The van der Waals surface area contributed by atoms with Crippen molar-refractivity contribution in [1.29, 1.82) is 0 Å². The molecule has 0 spiro atoms. The van der Waals surface area contributed by atoms with Gasteiger partial charge in [-0.3, -0.25) is 4.79 Å². The molecule has 128 valence electrons. The number of hydrogen-bond acceptors (Lipinski definition) is 6. The molecule has 25 heavy (non-hydrogen) atoms. The summed E-state index contributed by atoms with van der Waals surface area (Å²) in [6.07, 6.45) is 1.58. The number of aryl methyl sites for hydroxylation is 2. The molecule has 8 nitrogen and oxygen atoms in total. The Morgan fingerprint density at radius 3 is 2.76 bits per heavy atom. The summed E-state index contributed by atoms with van der Waals surface area (Å²) in [4.78, 5) is 32.0. The van der Waals surface area contributed by atoms with Crippen LogP contribution in [0.15, 0.2) is 30.5 Å². The first-order valence-corrected chi connectivity index (χ1v) is 7.67. The van der Waals surface area contributed by atoms with Crippen LogP contribution in [-0.2, 0) is 9.53 Å². The number of amides is 1. The van der Waals surface area contributed by atoms with Crippen LogP contribution in [0.1, 0.15) is 27.4 Å². The second kappa shape index (κ2) is 6.68. The molecule has 0 saturated carbocycles. The third-order valence-corrected chi connectivity index (χ3v) is 3.83. The minimum absolute atomic E-state index is 0.138. The number of carbonyl (C=O) groups excluding carboxylic acids is 2. The Balaban J connectivity index is 1.64. The summed E-state index contributed by atoms with van der Waals surface area (Å²) in [5.41, 5.74) is 3.49. The zero-order valence-electron chi connectivity index (χ0n) is 14.1. The van der Waals surface area contributed by atoms with Crippen LogP contribution in [0.3, 0.4) is 0 Å². The number of benzene rings is 1. The van der Waals surface area contributed by atoms with Gasteiger partial charge in [0, 0.05) is 17.6 Å². The number of hydrogen-bond donors (Lipinski definition) is 1. The summed E-state index contributed by atoms with van der Waals surface area (Å²) >= 11 is 0. The van der Waals surface area contributed by atoms with Crippen molar-refractivity contribution in [2.75, 3.05) is 11.9 Å². The number of carbonyl (C=O) groups is 2. The molecule has 1 aromatic carbocycles. The number of anilines is 1. The van der Waals surface area contributed by atoms with Gasteiger partial charge in [0.05, 0.1) is 0 Å². The number of rotatable bonds is 4. The molecule has 0 fully saturated rings. The molecule has 0 aliphatic carbocycles. The quantitative estimate of drug-likeness (QED) is 0.728. The van der Waals surface area contributed by atoms with Gasteiger partial charge < -0.3 is 10.1 Å². The van der Waals surface area contributed by atoms with Gasteiger partial charge in [0.15, 0.2) is 6.61 Å².